The molecule has 4 aromatic rings. The van der Waals surface area contributed by atoms with Crippen LogP contribution in [0, 0.1) is 10.1 Å². The van der Waals surface area contributed by atoms with E-state index in [-0.39, 0.29) is 5.69 Å². The summed E-state index contributed by atoms with van der Waals surface area (Å²) < 4.78 is 10.6. The number of nitrogens with one attached hydrogen (secondary N) is 1. The molecule has 0 aliphatic heterocycles. The van der Waals surface area contributed by atoms with E-state index in [2.05, 4.69) is 15.3 Å². The Kier molecular flexibility index (Phi) is 4.96. The molecule has 0 unspecified atom stereocenters. The van der Waals surface area contributed by atoms with Crippen LogP contribution in [-0.4, -0.2) is 29.1 Å². The molecule has 0 spiro atoms. The maximum atomic E-state index is 11.2. The highest BCUT2D eigenvalue weighted by atomic mass is 32.1. The van der Waals surface area contributed by atoms with Gasteiger partial charge >= 0.3 is 0 Å². The van der Waals surface area contributed by atoms with Gasteiger partial charge in [0.25, 0.3) is 5.69 Å². The minimum atomic E-state index is -0.451. The summed E-state index contributed by atoms with van der Waals surface area (Å²) >= 11 is 1.50. The second kappa shape index (κ2) is 7.72. The second-order valence-corrected chi connectivity index (χ2v) is 6.91. The fourth-order valence-corrected chi connectivity index (χ4v) is 3.90. The first-order chi connectivity index (χ1) is 14.1. The van der Waals surface area contributed by atoms with Crippen molar-refractivity contribution in [3.05, 3.63) is 64.3 Å². The van der Waals surface area contributed by atoms with Crippen LogP contribution in [0.3, 0.4) is 0 Å². The summed E-state index contributed by atoms with van der Waals surface area (Å²) in [7, 11) is 3.13. The normalized spacial score (nSPS) is 10.7. The third-order valence-electron chi connectivity index (χ3n) is 4.42. The highest BCUT2D eigenvalue weighted by Gasteiger charge is 2.17. The van der Waals surface area contributed by atoms with Gasteiger partial charge in [0.15, 0.2) is 0 Å². The van der Waals surface area contributed by atoms with Gasteiger partial charge < -0.3 is 14.8 Å². The molecule has 0 atom stereocenters. The zero-order chi connectivity index (χ0) is 20.4. The summed E-state index contributed by atoms with van der Waals surface area (Å²) in [6.07, 6.45) is 1.46. The molecule has 0 bridgehead atoms. The van der Waals surface area contributed by atoms with Crippen molar-refractivity contribution in [1.82, 2.24) is 9.97 Å². The van der Waals surface area contributed by atoms with Crippen LogP contribution in [0.2, 0.25) is 0 Å². The van der Waals surface area contributed by atoms with Crippen molar-refractivity contribution in [2.75, 3.05) is 19.5 Å². The molecule has 0 saturated carbocycles. The number of benzene rings is 2. The first kappa shape index (κ1) is 18.6. The highest BCUT2D eigenvalue weighted by molar-refractivity contribution is 7.17. The molecular weight excluding hydrogens is 392 g/mol. The van der Waals surface area contributed by atoms with E-state index in [4.69, 9.17) is 9.47 Å². The van der Waals surface area contributed by atoms with E-state index in [0.29, 0.717) is 17.3 Å². The lowest BCUT2D eigenvalue weighted by molar-refractivity contribution is -0.384. The Labute approximate surface area is 169 Å². The van der Waals surface area contributed by atoms with Crippen LogP contribution in [0.4, 0.5) is 17.2 Å². The molecule has 2 heterocycles. The summed E-state index contributed by atoms with van der Waals surface area (Å²) in [5.74, 6) is 1.79. The van der Waals surface area contributed by atoms with Crippen molar-refractivity contribution < 1.29 is 14.4 Å². The average molecular weight is 408 g/mol. The Hall–Kier alpha value is -3.72. The van der Waals surface area contributed by atoms with Gasteiger partial charge in [-0.2, -0.15) is 0 Å². The third-order valence-corrected chi connectivity index (χ3v) is 5.30. The summed E-state index contributed by atoms with van der Waals surface area (Å²) in [5.41, 5.74) is 2.36. The molecule has 4 rings (SSSR count). The largest absolute Gasteiger partial charge is 0.497 e. The van der Waals surface area contributed by atoms with Gasteiger partial charge in [-0.3, -0.25) is 10.1 Å². The van der Waals surface area contributed by atoms with Gasteiger partial charge in [0.1, 0.15) is 28.5 Å². The number of nitro groups is 1. The molecule has 9 heteroatoms. The average Bonchev–Trinajstić information content (AvgIpc) is 3.19. The number of methoxy groups -OCH3 is 2. The zero-order valence-corrected chi connectivity index (χ0v) is 16.4. The fourth-order valence-electron chi connectivity index (χ4n) is 2.99. The predicted molar refractivity (Wildman–Crippen MR) is 112 cm³/mol. The lowest BCUT2D eigenvalue weighted by Crippen LogP contribution is -1.99. The molecule has 146 valence electrons. The molecule has 2 aromatic heterocycles. The van der Waals surface area contributed by atoms with Crippen LogP contribution in [0.15, 0.2) is 54.2 Å². The van der Waals surface area contributed by atoms with Gasteiger partial charge in [0, 0.05) is 23.1 Å². The number of ether oxygens (including phenoxy) is 2. The number of nitro benzene ring substituents is 1. The molecule has 0 fully saturated rings. The number of nitrogens with zero attached hydrogens (tertiary/aromatic N) is 3. The van der Waals surface area contributed by atoms with Crippen LogP contribution >= 0.6 is 11.3 Å². The Morgan fingerprint density at radius 2 is 1.86 bits per heavy atom. The quantitative estimate of drug-likeness (QED) is 0.353. The molecule has 0 radical (unpaired) electrons. The van der Waals surface area contributed by atoms with Crippen LogP contribution in [0.25, 0.3) is 21.3 Å². The highest BCUT2D eigenvalue weighted by Crippen LogP contribution is 2.39. The van der Waals surface area contributed by atoms with E-state index in [0.717, 1.165) is 27.1 Å². The molecule has 0 amide bonds. The van der Waals surface area contributed by atoms with Crippen molar-refractivity contribution in [2.24, 2.45) is 0 Å². The number of hydrogen-bond acceptors (Lipinski definition) is 8. The first-order valence-electron chi connectivity index (χ1n) is 8.57. The van der Waals surface area contributed by atoms with E-state index in [1.807, 2.05) is 29.6 Å². The molecule has 0 aliphatic rings. The summed E-state index contributed by atoms with van der Waals surface area (Å²) in [6.45, 7) is 0. The van der Waals surface area contributed by atoms with E-state index in [1.54, 1.807) is 13.2 Å². The van der Waals surface area contributed by atoms with Crippen LogP contribution in [-0.2, 0) is 0 Å². The lowest BCUT2D eigenvalue weighted by atomic mass is 10.1. The maximum absolute atomic E-state index is 11.2. The van der Waals surface area contributed by atoms with E-state index < -0.39 is 4.92 Å². The monoisotopic (exact) mass is 408 g/mol. The molecule has 1 N–H and O–H groups in total. The Balaban J connectivity index is 1.82. The number of aromatic nitrogens is 2. The molecule has 8 nitrogen and oxygen atoms in total. The molecular formula is C20H16N4O4S. The van der Waals surface area contributed by atoms with Gasteiger partial charge in [-0.25, -0.2) is 9.97 Å². The lowest BCUT2D eigenvalue weighted by Gasteiger charge is -2.12. The van der Waals surface area contributed by atoms with Gasteiger partial charge in [-0.05, 0) is 23.8 Å². The molecule has 0 aliphatic carbocycles. The Morgan fingerprint density at radius 3 is 2.55 bits per heavy atom. The van der Waals surface area contributed by atoms with Crippen molar-refractivity contribution >= 4 is 38.7 Å². The topological polar surface area (TPSA) is 99.4 Å². The fraction of sp³-hybridized carbons (Fsp3) is 0.100. The first-order valence-corrected chi connectivity index (χ1v) is 9.44. The third kappa shape index (κ3) is 3.55. The van der Waals surface area contributed by atoms with E-state index in [9.17, 15) is 10.1 Å². The number of thiophene rings is 1. The predicted octanol–water partition coefficient (Wildman–Crippen LogP) is 5.03. The SMILES string of the molecule is COc1ccc(-c2csc3ncnc(Nc4cc([N+](=O)[O-])ccc4OC)c23)cc1. The van der Waals surface area contributed by atoms with Crippen molar-refractivity contribution in [1.29, 1.82) is 0 Å². The summed E-state index contributed by atoms with van der Waals surface area (Å²) in [4.78, 5) is 20.3. The standard InChI is InChI=1S/C20H16N4O4S/c1-27-14-6-3-12(4-7-14)15-10-29-20-18(15)19(21-11-22-20)23-16-9-13(24(25)26)5-8-17(16)28-2/h3-11H,1-2H3,(H,21,22,23). The van der Waals surface area contributed by atoms with Crippen molar-refractivity contribution in [2.45, 2.75) is 0 Å². The van der Waals surface area contributed by atoms with Crippen molar-refractivity contribution in [3.63, 3.8) is 0 Å². The van der Waals surface area contributed by atoms with Gasteiger partial charge in [0.2, 0.25) is 0 Å². The van der Waals surface area contributed by atoms with E-state index in [1.165, 1.54) is 36.9 Å². The van der Waals surface area contributed by atoms with Crippen LogP contribution < -0.4 is 14.8 Å². The number of non-ortho nitro benzene ring substituents is 1. The molecule has 29 heavy (non-hydrogen) atoms. The number of anilines is 2. The van der Waals surface area contributed by atoms with Gasteiger partial charge in [0.05, 0.1) is 30.2 Å². The number of hydrogen-bond donors (Lipinski definition) is 1. The number of rotatable bonds is 6. The summed E-state index contributed by atoms with van der Waals surface area (Å²) in [6, 6.07) is 12.1. The van der Waals surface area contributed by atoms with Crippen LogP contribution in [0.5, 0.6) is 11.5 Å². The van der Waals surface area contributed by atoms with Gasteiger partial charge in [-0.15, -0.1) is 11.3 Å². The number of fused-ring (bicyclic) bond motifs is 1. The maximum Gasteiger partial charge on any atom is 0.271 e. The minimum absolute atomic E-state index is 0.0423. The molecule has 2 aromatic carbocycles. The van der Waals surface area contributed by atoms with Gasteiger partial charge in [-0.1, -0.05) is 12.1 Å². The summed E-state index contributed by atoms with van der Waals surface area (Å²) in [5, 5.41) is 17.2. The second-order valence-electron chi connectivity index (χ2n) is 6.05. The Bertz CT molecular complexity index is 1190. The minimum Gasteiger partial charge on any atom is -0.497 e. The Morgan fingerprint density at radius 1 is 1.07 bits per heavy atom. The molecule has 0 saturated heterocycles. The smallest absolute Gasteiger partial charge is 0.271 e. The van der Waals surface area contributed by atoms with Crippen molar-refractivity contribution in [3.8, 4) is 22.6 Å². The van der Waals surface area contributed by atoms with Crippen LogP contribution in [0.1, 0.15) is 0 Å². The zero-order valence-electron chi connectivity index (χ0n) is 15.6. The van der Waals surface area contributed by atoms with E-state index >= 15 is 0 Å².